The lowest BCUT2D eigenvalue weighted by Crippen LogP contribution is -2.53. The Morgan fingerprint density at radius 3 is 2.39 bits per heavy atom. The summed E-state index contributed by atoms with van der Waals surface area (Å²) in [6, 6.07) is -0.0825. The Kier molecular flexibility index (Phi) is 6.01. The molecular formula is C12H23N3O2S. The first kappa shape index (κ1) is 15.4. The molecule has 0 aromatic heterocycles. The summed E-state index contributed by atoms with van der Waals surface area (Å²) in [5.74, 6) is 0. The third kappa shape index (κ3) is 3.41. The van der Waals surface area contributed by atoms with E-state index in [1.54, 1.807) is 12.2 Å². The van der Waals surface area contributed by atoms with E-state index in [1.165, 1.54) is 8.61 Å². The minimum atomic E-state index is -3.47. The van der Waals surface area contributed by atoms with Crippen molar-refractivity contribution >= 4 is 10.2 Å². The van der Waals surface area contributed by atoms with E-state index in [4.69, 9.17) is 5.73 Å². The van der Waals surface area contributed by atoms with Gasteiger partial charge in [-0.15, -0.1) is 13.2 Å². The largest absolute Gasteiger partial charge is 0.329 e. The number of rotatable bonds is 7. The van der Waals surface area contributed by atoms with Crippen molar-refractivity contribution in [2.24, 2.45) is 5.73 Å². The second kappa shape index (κ2) is 7.04. The lowest BCUT2D eigenvalue weighted by molar-refractivity contribution is 0.240. The first-order valence-electron chi connectivity index (χ1n) is 6.26. The first-order chi connectivity index (χ1) is 8.57. The highest BCUT2D eigenvalue weighted by molar-refractivity contribution is 7.86. The zero-order valence-electron chi connectivity index (χ0n) is 10.8. The van der Waals surface area contributed by atoms with Gasteiger partial charge in [-0.1, -0.05) is 18.6 Å². The number of nitrogens with zero attached hydrogens (tertiary/aromatic N) is 2. The fraction of sp³-hybridized carbons (Fsp3) is 0.667. The normalized spacial score (nSPS) is 22.0. The number of nitrogens with two attached hydrogens (primary N) is 1. The lowest BCUT2D eigenvalue weighted by atomic mass is 10.1. The van der Waals surface area contributed by atoms with Gasteiger partial charge in [0.05, 0.1) is 0 Å². The summed E-state index contributed by atoms with van der Waals surface area (Å²) in [6.45, 7) is 8.70. The van der Waals surface area contributed by atoms with Crippen LogP contribution in [0.25, 0.3) is 0 Å². The maximum absolute atomic E-state index is 12.5. The first-order valence-corrected chi connectivity index (χ1v) is 7.66. The molecule has 2 N–H and O–H groups in total. The van der Waals surface area contributed by atoms with Gasteiger partial charge in [0.15, 0.2) is 0 Å². The van der Waals surface area contributed by atoms with Crippen LogP contribution in [0, 0.1) is 0 Å². The molecule has 0 saturated carbocycles. The van der Waals surface area contributed by atoms with E-state index in [2.05, 4.69) is 13.2 Å². The Labute approximate surface area is 110 Å². The summed E-state index contributed by atoms with van der Waals surface area (Å²) < 4.78 is 28.0. The van der Waals surface area contributed by atoms with Gasteiger partial charge in [-0.05, 0) is 12.8 Å². The van der Waals surface area contributed by atoms with E-state index in [0.717, 1.165) is 19.3 Å². The average Bonchev–Trinajstić information content (AvgIpc) is 2.38. The summed E-state index contributed by atoms with van der Waals surface area (Å²) in [5.41, 5.74) is 5.67. The van der Waals surface area contributed by atoms with E-state index in [9.17, 15) is 8.42 Å². The molecule has 0 aromatic carbocycles. The van der Waals surface area contributed by atoms with Crippen LogP contribution < -0.4 is 5.73 Å². The van der Waals surface area contributed by atoms with Gasteiger partial charge < -0.3 is 5.73 Å². The molecule has 1 atom stereocenters. The fourth-order valence-corrected chi connectivity index (χ4v) is 4.02. The predicted molar refractivity (Wildman–Crippen MR) is 74.3 cm³/mol. The zero-order valence-corrected chi connectivity index (χ0v) is 11.6. The van der Waals surface area contributed by atoms with Crippen LogP contribution in [0.15, 0.2) is 25.3 Å². The quantitative estimate of drug-likeness (QED) is 0.695. The van der Waals surface area contributed by atoms with E-state index < -0.39 is 10.2 Å². The molecule has 1 aliphatic heterocycles. The molecule has 0 radical (unpaired) electrons. The van der Waals surface area contributed by atoms with Crippen LogP contribution in [0.3, 0.4) is 0 Å². The standard InChI is InChI=1S/C12H23N3O2S/c1-3-8-14(9-4-2)18(16,17)15-10-6-5-7-12(15)11-13/h3-4,12H,1-2,5-11,13H2. The van der Waals surface area contributed by atoms with E-state index in [1.807, 2.05) is 0 Å². The van der Waals surface area contributed by atoms with Crippen LogP contribution >= 0.6 is 0 Å². The summed E-state index contributed by atoms with van der Waals surface area (Å²) in [5, 5.41) is 0. The van der Waals surface area contributed by atoms with Crippen LogP contribution in [-0.4, -0.2) is 49.2 Å². The van der Waals surface area contributed by atoms with Gasteiger partial charge >= 0.3 is 0 Å². The maximum Gasteiger partial charge on any atom is 0.282 e. The summed E-state index contributed by atoms with van der Waals surface area (Å²) >= 11 is 0. The molecule has 0 aliphatic carbocycles. The van der Waals surface area contributed by atoms with E-state index >= 15 is 0 Å². The Morgan fingerprint density at radius 1 is 1.28 bits per heavy atom. The molecule has 6 heteroatoms. The number of piperidine rings is 1. The Hall–Kier alpha value is -0.690. The Bertz CT molecular complexity index is 371. The van der Waals surface area contributed by atoms with Gasteiger partial charge in [0.25, 0.3) is 10.2 Å². The Balaban J connectivity index is 2.93. The van der Waals surface area contributed by atoms with Crippen molar-refractivity contribution in [2.45, 2.75) is 25.3 Å². The van der Waals surface area contributed by atoms with Crippen molar-refractivity contribution < 1.29 is 8.42 Å². The highest BCUT2D eigenvalue weighted by Gasteiger charge is 2.34. The fourth-order valence-electron chi connectivity index (χ4n) is 2.21. The van der Waals surface area contributed by atoms with Crippen molar-refractivity contribution in [3.05, 3.63) is 25.3 Å². The number of hydrogen-bond donors (Lipinski definition) is 1. The molecule has 1 unspecified atom stereocenters. The SMILES string of the molecule is C=CCN(CC=C)S(=O)(=O)N1CCCCC1CN. The molecule has 1 rings (SSSR count). The zero-order chi connectivity index (χ0) is 13.6. The smallest absolute Gasteiger partial charge is 0.282 e. The summed E-state index contributed by atoms with van der Waals surface area (Å²) in [4.78, 5) is 0. The van der Waals surface area contributed by atoms with E-state index in [-0.39, 0.29) is 6.04 Å². The minimum absolute atomic E-state index is 0.0825. The van der Waals surface area contributed by atoms with Crippen LogP contribution in [0.2, 0.25) is 0 Å². The van der Waals surface area contributed by atoms with E-state index in [0.29, 0.717) is 26.2 Å². The van der Waals surface area contributed by atoms with Crippen LogP contribution in [-0.2, 0) is 10.2 Å². The van der Waals surface area contributed by atoms with Crippen molar-refractivity contribution in [1.82, 2.24) is 8.61 Å². The van der Waals surface area contributed by atoms with Crippen molar-refractivity contribution in [1.29, 1.82) is 0 Å². The molecule has 0 amide bonds. The molecule has 1 heterocycles. The highest BCUT2D eigenvalue weighted by atomic mass is 32.2. The third-order valence-electron chi connectivity index (χ3n) is 3.13. The van der Waals surface area contributed by atoms with Crippen LogP contribution in [0.4, 0.5) is 0 Å². The van der Waals surface area contributed by atoms with Gasteiger partial charge in [0.1, 0.15) is 0 Å². The van der Waals surface area contributed by atoms with Crippen molar-refractivity contribution in [3.8, 4) is 0 Å². The third-order valence-corrected chi connectivity index (χ3v) is 5.16. The van der Waals surface area contributed by atoms with Crippen LogP contribution in [0.1, 0.15) is 19.3 Å². The molecule has 1 aliphatic rings. The summed E-state index contributed by atoms with van der Waals surface area (Å²) in [6.07, 6.45) is 5.94. The molecule has 1 saturated heterocycles. The van der Waals surface area contributed by atoms with Gasteiger partial charge in [0.2, 0.25) is 0 Å². The molecule has 1 fully saturated rings. The second-order valence-corrected chi connectivity index (χ2v) is 6.28. The maximum atomic E-state index is 12.5. The summed E-state index contributed by atoms with van der Waals surface area (Å²) in [7, 11) is -3.47. The molecular weight excluding hydrogens is 250 g/mol. The number of hydrogen-bond acceptors (Lipinski definition) is 3. The topological polar surface area (TPSA) is 66.6 Å². The molecule has 104 valence electrons. The minimum Gasteiger partial charge on any atom is -0.329 e. The van der Waals surface area contributed by atoms with Gasteiger partial charge in [-0.3, -0.25) is 0 Å². The predicted octanol–water partition coefficient (Wildman–Crippen LogP) is 0.718. The Morgan fingerprint density at radius 2 is 1.89 bits per heavy atom. The van der Waals surface area contributed by atoms with Crippen LogP contribution in [0.5, 0.6) is 0 Å². The van der Waals surface area contributed by atoms with Crippen molar-refractivity contribution in [3.63, 3.8) is 0 Å². The molecule has 0 aromatic rings. The lowest BCUT2D eigenvalue weighted by Gasteiger charge is -2.37. The van der Waals surface area contributed by atoms with Gasteiger partial charge in [0, 0.05) is 32.2 Å². The molecule has 0 bridgehead atoms. The molecule has 18 heavy (non-hydrogen) atoms. The van der Waals surface area contributed by atoms with Gasteiger partial charge in [-0.2, -0.15) is 17.0 Å². The monoisotopic (exact) mass is 273 g/mol. The van der Waals surface area contributed by atoms with Gasteiger partial charge in [-0.25, -0.2) is 0 Å². The highest BCUT2D eigenvalue weighted by Crippen LogP contribution is 2.22. The molecule has 0 spiro atoms. The molecule has 5 nitrogen and oxygen atoms in total. The second-order valence-electron chi connectivity index (χ2n) is 4.40. The van der Waals surface area contributed by atoms with Crippen molar-refractivity contribution in [2.75, 3.05) is 26.2 Å². The average molecular weight is 273 g/mol.